The number of rotatable bonds is 12. The molecule has 4 rings (SSSR count). The first-order valence-corrected chi connectivity index (χ1v) is 14.4. The SMILES string of the molecule is C=C(Cl)/C=C\C(=C)Cn1cc(C(O)(CN2CCC(Oc3ccc(CC(=O)O)cc3OC)CC2)C(F)(F)F)c2ccc(C#N)cc21. The largest absolute Gasteiger partial charge is 0.493 e. The number of alkyl halides is 3. The Balaban J connectivity index is 1.56. The number of likely N-dealkylation sites (tertiary alicyclic amines) is 1. The molecule has 0 aliphatic carbocycles. The quantitative estimate of drug-likeness (QED) is 0.223. The first-order chi connectivity index (χ1) is 21.2. The molecule has 1 aliphatic rings. The van der Waals surface area contributed by atoms with E-state index in [2.05, 4.69) is 13.2 Å². The number of methoxy groups -OCH3 is 1. The lowest BCUT2D eigenvalue weighted by Gasteiger charge is -2.39. The lowest BCUT2D eigenvalue weighted by molar-refractivity contribution is -0.272. The minimum atomic E-state index is -5.02. The van der Waals surface area contributed by atoms with Gasteiger partial charge in [0.2, 0.25) is 5.60 Å². The van der Waals surface area contributed by atoms with Gasteiger partial charge in [0.05, 0.1) is 30.7 Å². The molecule has 1 aliphatic heterocycles. The Hall–Kier alpha value is -4.24. The van der Waals surface area contributed by atoms with Gasteiger partial charge >= 0.3 is 12.1 Å². The highest BCUT2D eigenvalue weighted by Crippen LogP contribution is 2.44. The number of benzene rings is 2. The van der Waals surface area contributed by atoms with Crippen LogP contribution in [0.5, 0.6) is 11.5 Å². The molecule has 2 heterocycles. The van der Waals surface area contributed by atoms with E-state index >= 15 is 0 Å². The Morgan fingerprint density at radius 2 is 1.87 bits per heavy atom. The minimum absolute atomic E-state index is 0.0868. The summed E-state index contributed by atoms with van der Waals surface area (Å²) in [6, 6.07) is 11.2. The van der Waals surface area contributed by atoms with Crippen molar-refractivity contribution in [3.05, 3.63) is 95.2 Å². The number of allylic oxidation sites excluding steroid dienone is 4. The molecule has 1 fully saturated rings. The van der Waals surface area contributed by atoms with Gasteiger partial charge in [-0.1, -0.05) is 43.0 Å². The van der Waals surface area contributed by atoms with E-state index in [9.17, 15) is 28.3 Å². The van der Waals surface area contributed by atoms with Crippen LogP contribution >= 0.6 is 11.6 Å². The van der Waals surface area contributed by atoms with E-state index < -0.39 is 24.3 Å². The number of halogens is 4. The van der Waals surface area contributed by atoms with Crippen molar-refractivity contribution in [1.82, 2.24) is 9.47 Å². The zero-order valence-electron chi connectivity index (χ0n) is 24.6. The molecule has 45 heavy (non-hydrogen) atoms. The van der Waals surface area contributed by atoms with Crippen molar-refractivity contribution in [3.8, 4) is 17.6 Å². The highest BCUT2D eigenvalue weighted by Gasteiger charge is 2.57. The number of carboxylic acids is 1. The van der Waals surface area contributed by atoms with Crippen LogP contribution in [0.4, 0.5) is 13.2 Å². The van der Waals surface area contributed by atoms with Crippen LogP contribution in [0.25, 0.3) is 10.9 Å². The lowest BCUT2D eigenvalue weighted by Crippen LogP contribution is -2.53. The molecular formula is C33H33ClF3N3O5. The number of aliphatic carboxylic acids is 1. The van der Waals surface area contributed by atoms with Crippen LogP contribution in [0.3, 0.4) is 0 Å². The number of aliphatic hydroxyl groups is 1. The van der Waals surface area contributed by atoms with Gasteiger partial charge in [-0.15, -0.1) is 0 Å². The zero-order chi connectivity index (χ0) is 32.9. The highest BCUT2D eigenvalue weighted by molar-refractivity contribution is 6.30. The Bertz CT molecular complexity index is 1670. The molecule has 0 spiro atoms. The fourth-order valence-electron chi connectivity index (χ4n) is 5.41. The number of fused-ring (bicyclic) bond motifs is 1. The van der Waals surface area contributed by atoms with Crippen LogP contribution in [0.15, 0.2) is 78.5 Å². The summed E-state index contributed by atoms with van der Waals surface area (Å²) in [4.78, 5) is 12.6. The van der Waals surface area contributed by atoms with Gasteiger partial charge in [-0.25, -0.2) is 0 Å². The second-order valence-corrected chi connectivity index (χ2v) is 11.4. The normalized spacial score (nSPS) is 15.9. The van der Waals surface area contributed by atoms with E-state index in [1.807, 2.05) is 6.07 Å². The number of carboxylic acid groups (broad SMARTS) is 1. The van der Waals surface area contributed by atoms with Crippen LogP contribution < -0.4 is 9.47 Å². The van der Waals surface area contributed by atoms with Crippen LogP contribution in [0, 0.1) is 11.3 Å². The van der Waals surface area contributed by atoms with Gasteiger partial charge in [0, 0.05) is 48.4 Å². The molecule has 238 valence electrons. The van der Waals surface area contributed by atoms with Gasteiger partial charge in [0.1, 0.15) is 6.10 Å². The van der Waals surface area contributed by atoms with Gasteiger partial charge < -0.3 is 24.3 Å². The number of nitriles is 1. The second kappa shape index (κ2) is 13.8. The van der Waals surface area contributed by atoms with E-state index in [1.54, 1.807) is 29.2 Å². The fraction of sp³-hybridized carbons (Fsp3) is 0.333. The molecule has 2 aromatic carbocycles. The van der Waals surface area contributed by atoms with E-state index in [1.165, 1.54) is 42.1 Å². The van der Waals surface area contributed by atoms with Crippen molar-refractivity contribution >= 4 is 28.5 Å². The second-order valence-electron chi connectivity index (χ2n) is 11.0. The summed E-state index contributed by atoms with van der Waals surface area (Å²) in [6.07, 6.45) is -0.369. The molecule has 0 bridgehead atoms. The molecule has 1 unspecified atom stereocenters. The Kier molecular flexibility index (Phi) is 10.3. The smallest absolute Gasteiger partial charge is 0.422 e. The van der Waals surface area contributed by atoms with Gasteiger partial charge in [0.15, 0.2) is 11.5 Å². The third kappa shape index (κ3) is 7.89. The minimum Gasteiger partial charge on any atom is -0.493 e. The number of carbonyl (C=O) groups is 1. The zero-order valence-corrected chi connectivity index (χ0v) is 25.4. The maximum absolute atomic E-state index is 14.8. The van der Waals surface area contributed by atoms with Crippen molar-refractivity contribution in [1.29, 1.82) is 5.26 Å². The predicted molar refractivity (Wildman–Crippen MR) is 164 cm³/mol. The summed E-state index contributed by atoms with van der Waals surface area (Å²) < 4.78 is 57.3. The van der Waals surface area contributed by atoms with Gasteiger partial charge in [-0.3, -0.25) is 9.69 Å². The monoisotopic (exact) mass is 643 g/mol. The third-order valence-electron chi connectivity index (χ3n) is 7.66. The molecule has 0 radical (unpaired) electrons. The molecule has 12 heteroatoms. The lowest BCUT2D eigenvalue weighted by atomic mass is 9.90. The number of aromatic nitrogens is 1. The molecule has 0 amide bonds. The average Bonchev–Trinajstić information content (AvgIpc) is 3.34. The van der Waals surface area contributed by atoms with Crippen molar-refractivity contribution in [2.75, 3.05) is 26.7 Å². The van der Waals surface area contributed by atoms with Gasteiger partial charge in [0.25, 0.3) is 0 Å². The van der Waals surface area contributed by atoms with Gasteiger partial charge in [-0.2, -0.15) is 18.4 Å². The van der Waals surface area contributed by atoms with Crippen molar-refractivity contribution in [2.45, 2.75) is 43.7 Å². The summed E-state index contributed by atoms with van der Waals surface area (Å²) in [5, 5.41) is 30.4. The first-order valence-electron chi connectivity index (χ1n) is 14.0. The standard InChI is InChI=1S/C33H33ClF3N3O5/c1-21(4-5-22(2)34)18-40-19-27(26-8-6-24(17-38)14-28(26)40)32(43,33(35,36)37)20-39-12-10-25(11-13-39)45-29-9-7-23(16-31(41)42)15-30(29)44-3/h4-9,14-15,19,25,43H,1-2,10-13,16,18,20H2,3H3,(H,41,42)/b5-4-. The summed E-state index contributed by atoms with van der Waals surface area (Å²) in [5.41, 5.74) is -1.87. The number of piperidine rings is 1. The Labute approximate surface area is 263 Å². The predicted octanol–water partition coefficient (Wildman–Crippen LogP) is 6.31. The molecule has 8 nitrogen and oxygen atoms in total. The average molecular weight is 644 g/mol. The molecule has 1 aromatic heterocycles. The first kappa shape index (κ1) is 33.6. The molecule has 1 saturated heterocycles. The number of hydrogen-bond donors (Lipinski definition) is 2. The molecule has 1 atom stereocenters. The molecule has 3 aromatic rings. The van der Waals surface area contributed by atoms with Crippen LogP contribution in [-0.4, -0.2) is 64.7 Å². The Morgan fingerprint density at radius 3 is 2.47 bits per heavy atom. The number of β-amino-alcohol motifs (C(OH)–C–C–N with tert-alkyl or cyclic N) is 1. The van der Waals surface area contributed by atoms with E-state index in [-0.39, 0.29) is 53.7 Å². The summed E-state index contributed by atoms with van der Waals surface area (Å²) >= 11 is 5.79. The maximum Gasteiger partial charge on any atom is 0.422 e. The summed E-state index contributed by atoms with van der Waals surface area (Å²) in [6.45, 7) is 7.34. The van der Waals surface area contributed by atoms with Crippen molar-refractivity contribution in [3.63, 3.8) is 0 Å². The Morgan fingerprint density at radius 1 is 1.16 bits per heavy atom. The van der Waals surface area contributed by atoms with Gasteiger partial charge in [-0.05, 0) is 54.3 Å². The summed E-state index contributed by atoms with van der Waals surface area (Å²) in [5.74, 6) is -0.206. The topological polar surface area (TPSA) is 108 Å². The van der Waals surface area contributed by atoms with Crippen LogP contribution in [0.1, 0.15) is 29.5 Å². The van der Waals surface area contributed by atoms with Crippen LogP contribution in [-0.2, 0) is 23.4 Å². The highest BCUT2D eigenvalue weighted by atomic mass is 35.5. The molecule has 2 N–H and O–H groups in total. The van der Waals surface area contributed by atoms with Crippen molar-refractivity contribution in [2.24, 2.45) is 0 Å². The number of hydrogen-bond acceptors (Lipinski definition) is 6. The maximum atomic E-state index is 14.8. The van der Waals surface area contributed by atoms with Crippen LogP contribution in [0.2, 0.25) is 0 Å². The summed E-state index contributed by atoms with van der Waals surface area (Å²) in [7, 11) is 1.44. The molecular weight excluding hydrogens is 611 g/mol. The van der Waals surface area contributed by atoms with E-state index in [0.717, 1.165) is 0 Å². The third-order valence-corrected chi connectivity index (χ3v) is 7.79. The number of ether oxygens (including phenoxy) is 2. The fourth-order valence-corrected chi connectivity index (χ4v) is 5.47. The van der Waals surface area contributed by atoms with Crippen molar-refractivity contribution < 1.29 is 37.7 Å². The van der Waals surface area contributed by atoms with E-state index in [4.69, 9.17) is 26.2 Å². The van der Waals surface area contributed by atoms with E-state index in [0.29, 0.717) is 41.0 Å². The molecule has 0 saturated carbocycles. The number of nitrogens with zero attached hydrogens (tertiary/aromatic N) is 3.